The van der Waals surface area contributed by atoms with Crippen LogP contribution in [0, 0.1) is 0 Å². The van der Waals surface area contributed by atoms with Crippen LogP contribution in [0.1, 0.15) is 5.56 Å². The molecule has 0 saturated carbocycles. The van der Waals surface area contributed by atoms with E-state index in [4.69, 9.17) is 50.9 Å². The maximum Gasteiger partial charge on any atom is 0.678 e. The minimum Gasteiger partial charge on any atom is -0.379 e. The van der Waals surface area contributed by atoms with E-state index in [1.165, 1.54) is 26.9 Å². The lowest BCUT2D eigenvalue weighted by Crippen LogP contribution is -2.47. The molecule has 11 nitrogen and oxygen atoms in total. The quantitative estimate of drug-likeness (QED) is 0.113. The Morgan fingerprint density at radius 2 is 0.757 bits per heavy atom. The van der Waals surface area contributed by atoms with Crippen LogP contribution < -0.4 is 0 Å². The summed E-state index contributed by atoms with van der Waals surface area (Å²) in [6.07, 6.45) is 0.916. The molecule has 0 aliphatic rings. The van der Waals surface area contributed by atoms with Crippen molar-refractivity contribution >= 4 is 9.05 Å². The molecule has 0 spiro atoms. The smallest absolute Gasteiger partial charge is 0.379 e. The second kappa shape index (κ2) is 25.3. The zero-order valence-electron chi connectivity index (χ0n) is 22.7. The van der Waals surface area contributed by atoms with Gasteiger partial charge in [-0.05, 0) is 12.0 Å². The highest BCUT2D eigenvalue weighted by molar-refractivity contribution is 6.53. The average molecular weight is 551 g/mol. The molecule has 0 unspecified atom stereocenters. The molecule has 0 atom stereocenters. The van der Waals surface area contributed by atoms with Crippen LogP contribution in [0.3, 0.4) is 0 Å². The maximum absolute atomic E-state index is 5.57. The van der Waals surface area contributed by atoms with Crippen LogP contribution in [-0.4, -0.2) is 129 Å². The van der Waals surface area contributed by atoms with Gasteiger partial charge in [-0.15, -0.1) is 0 Å². The molecule has 0 aliphatic carbocycles. The molecule has 1 rings (SSSR count). The molecule has 0 N–H and O–H groups in total. The number of rotatable bonds is 28. The summed E-state index contributed by atoms with van der Waals surface area (Å²) < 4.78 is 59.3. The Balaban J connectivity index is 1.69. The van der Waals surface area contributed by atoms with Crippen LogP contribution in [-0.2, 0) is 57.3 Å². The number of hydrogen-bond donors (Lipinski definition) is 0. The minimum absolute atomic E-state index is 0.314. The number of benzene rings is 1. The van der Waals surface area contributed by atoms with E-state index in [0.29, 0.717) is 99.1 Å². The Bertz CT molecular complexity index is 585. The Kier molecular flexibility index (Phi) is 23.3. The molecule has 0 amide bonds. The van der Waals surface area contributed by atoms with Gasteiger partial charge in [-0.2, -0.15) is 0 Å². The standard InChI is InChI=1S/C25H46O11Si/c1-26-37(27-2,28-3)36-24-23-35-22-21-34-20-19-33-18-17-32-16-15-31-14-13-30-12-11-29-10-9-25-7-5-4-6-8-25/h4-8H,9-24H2,1-3H3. The summed E-state index contributed by atoms with van der Waals surface area (Å²) in [7, 11) is 1.47. The van der Waals surface area contributed by atoms with Crippen molar-refractivity contribution in [2.45, 2.75) is 6.42 Å². The molecular formula is C25H46O11Si. The van der Waals surface area contributed by atoms with E-state index < -0.39 is 9.05 Å². The van der Waals surface area contributed by atoms with Crippen molar-refractivity contribution in [3.05, 3.63) is 35.9 Å². The summed E-state index contributed by atoms with van der Waals surface area (Å²) in [5, 5.41) is 0. The van der Waals surface area contributed by atoms with Gasteiger partial charge >= 0.3 is 9.05 Å². The zero-order chi connectivity index (χ0) is 26.7. The van der Waals surface area contributed by atoms with Gasteiger partial charge in [0.15, 0.2) is 0 Å². The van der Waals surface area contributed by atoms with Gasteiger partial charge in [0, 0.05) is 21.3 Å². The highest BCUT2D eigenvalue weighted by Gasteiger charge is 2.42. The largest absolute Gasteiger partial charge is 0.678 e. The van der Waals surface area contributed by atoms with E-state index in [1.54, 1.807) is 0 Å². The predicted molar refractivity (Wildman–Crippen MR) is 139 cm³/mol. The molecule has 0 saturated heterocycles. The fourth-order valence-corrected chi connectivity index (χ4v) is 4.10. The third-order valence-corrected chi connectivity index (χ3v) is 6.92. The van der Waals surface area contributed by atoms with Crippen LogP contribution in [0.15, 0.2) is 30.3 Å². The van der Waals surface area contributed by atoms with Crippen molar-refractivity contribution in [1.29, 1.82) is 0 Å². The molecule has 0 aromatic heterocycles. The monoisotopic (exact) mass is 550 g/mol. The van der Waals surface area contributed by atoms with E-state index in [9.17, 15) is 0 Å². The highest BCUT2D eigenvalue weighted by atomic mass is 28.4. The van der Waals surface area contributed by atoms with E-state index in [0.717, 1.165) is 6.42 Å². The predicted octanol–water partition coefficient (Wildman–Crippen LogP) is 1.74. The number of hydrogen-bond acceptors (Lipinski definition) is 11. The Morgan fingerprint density at radius 3 is 1.11 bits per heavy atom. The Hall–Kier alpha value is -1.00. The van der Waals surface area contributed by atoms with E-state index in [-0.39, 0.29) is 0 Å². The summed E-state index contributed by atoms with van der Waals surface area (Å²) in [5.74, 6) is 0. The third kappa shape index (κ3) is 19.7. The van der Waals surface area contributed by atoms with Gasteiger partial charge in [-0.25, -0.2) is 0 Å². The summed E-state index contributed by atoms with van der Waals surface area (Å²) in [5.41, 5.74) is 1.28. The van der Waals surface area contributed by atoms with Gasteiger partial charge in [0.25, 0.3) is 0 Å². The maximum atomic E-state index is 5.57. The molecule has 216 valence electrons. The van der Waals surface area contributed by atoms with Gasteiger partial charge in [0.05, 0.1) is 99.1 Å². The summed E-state index contributed by atoms with van der Waals surface area (Å²) in [4.78, 5) is 0. The Morgan fingerprint density at radius 1 is 0.432 bits per heavy atom. The van der Waals surface area contributed by atoms with E-state index in [1.807, 2.05) is 18.2 Å². The third-order valence-electron chi connectivity index (χ3n) is 4.87. The first-order valence-electron chi connectivity index (χ1n) is 12.6. The molecule has 12 heteroatoms. The van der Waals surface area contributed by atoms with Crippen molar-refractivity contribution in [2.24, 2.45) is 0 Å². The minimum atomic E-state index is -3.00. The van der Waals surface area contributed by atoms with Gasteiger partial charge in [0.2, 0.25) is 0 Å². The zero-order valence-corrected chi connectivity index (χ0v) is 23.7. The molecule has 1 aromatic rings. The van der Waals surface area contributed by atoms with Crippen LogP contribution in [0.5, 0.6) is 0 Å². The lowest BCUT2D eigenvalue weighted by molar-refractivity contribution is -0.0290. The van der Waals surface area contributed by atoms with Crippen LogP contribution in [0.25, 0.3) is 0 Å². The first kappa shape index (κ1) is 34.0. The van der Waals surface area contributed by atoms with Gasteiger partial charge in [-0.3, -0.25) is 0 Å². The Labute approximate surface area is 222 Å². The number of ether oxygens (including phenoxy) is 7. The topological polar surface area (TPSA) is 102 Å². The van der Waals surface area contributed by atoms with Crippen LogP contribution in [0.2, 0.25) is 0 Å². The lowest BCUT2D eigenvalue weighted by Gasteiger charge is -2.22. The van der Waals surface area contributed by atoms with Crippen LogP contribution in [0.4, 0.5) is 0 Å². The molecular weight excluding hydrogens is 504 g/mol. The summed E-state index contributed by atoms with van der Waals surface area (Å²) in [6.45, 7) is 7.64. The molecule has 0 bridgehead atoms. The normalized spacial score (nSPS) is 11.9. The molecule has 1 aromatic carbocycles. The first-order valence-corrected chi connectivity index (χ1v) is 14.3. The van der Waals surface area contributed by atoms with Gasteiger partial charge < -0.3 is 50.9 Å². The average Bonchev–Trinajstić information content (AvgIpc) is 2.94. The molecule has 0 fully saturated rings. The SMILES string of the molecule is CO[Si](OC)(OC)OCCOCCOCCOCCOCCOCCOCCOCCc1ccccc1. The van der Waals surface area contributed by atoms with Crippen molar-refractivity contribution < 1.29 is 50.9 Å². The highest BCUT2D eigenvalue weighted by Crippen LogP contribution is 2.07. The molecule has 0 radical (unpaired) electrons. The first-order chi connectivity index (χ1) is 18.3. The van der Waals surface area contributed by atoms with Gasteiger partial charge in [-0.1, -0.05) is 30.3 Å². The molecule has 0 aliphatic heterocycles. The second-order valence-electron chi connectivity index (χ2n) is 7.48. The summed E-state index contributed by atoms with van der Waals surface area (Å²) >= 11 is 0. The van der Waals surface area contributed by atoms with Crippen molar-refractivity contribution in [1.82, 2.24) is 0 Å². The lowest BCUT2D eigenvalue weighted by atomic mass is 10.2. The van der Waals surface area contributed by atoms with Crippen LogP contribution >= 0.6 is 0 Å². The molecule has 0 heterocycles. The fourth-order valence-electron chi connectivity index (χ4n) is 2.91. The van der Waals surface area contributed by atoms with Gasteiger partial charge in [0.1, 0.15) is 0 Å². The van der Waals surface area contributed by atoms with Crippen molar-refractivity contribution in [3.8, 4) is 0 Å². The van der Waals surface area contributed by atoms with E-state index in [2.05, 4.69) is 12.1 Å². The van der Waals surface area contributed by atoms with Crippen molar-refractivity contribution in [3.63, 3.8) is 0 Å². The second-order valence-corrected chi connectivity index (χ2v) is 10.00. The van der Waals surface area contributed by atoms with Crippen molar-refractivity contribution in [2.75, 3.05) is 120 Å². The summed E-state index contributed by atoms with van der Waals surface area (Å²) in [6, 6.07) is 10.3. The fraction of sp³-hybridized carbons (Fsp3) is 0.760. The van der Waals surface area contributed by atoms with E-state index >= 15 is 0 Å². The molecule has 37 heavy (non-hydrogen) atoms.